The number of nitrogens with two attached hydrogens (primary N) is 1. The van der Waals surface area contributed by atoms with Gasteiger partial charge in [-0.05, 0) is 6.92 Å². The lowest BCUT2D eigenvalue weighted by molar-refractivity contribution is 0.323. The number of nitrogens with one attached hydrogen (secondary N) is 1. The minimum Gasteiger partial charge on any atom is -0.475 e. The molecule has 0 radical (unpaired) electrons. The standard InChI is InChI=1S/C7H12N4O/c1-2-12-7-5(8)6-9-3-4-11(6)10-7/h9H,2-4,8H2,1H3. The molecule has 66 valence electrons. The molecule has 5 heteroatoms. The minimum absolute atomic E-state index is 0.541. The summed E-state index contributed by atoms with van der Waals surface area (Å²) >= 11 is 0. The van der Waals surface area contributed by atoms with E-state index in [9.17, 15) is 0 Å². The van der Waals surface area contributed by atoms with Crippen molar-refractivity contribution in [2.45, 2.75) is 13.5 Å². The van der Waals surface area contributed by atoms with Crippen molar-refractivity contribution in [1.82, 2.24) is 9.78 Å². The Kier molecular flexibility index (Phi) is 1.56. The highest BCUT2D eigenvalue weighted by Crippen LogP contribution is 2.31. The van der Waals surface area contributed by atoms with Gasteiger partial charge in [0.1, 0.15) is 5.69 Å². The molecule has 1 aromatic heterocycles. The smallest absolute Gasteiger partial charge is 0.258 e. The Morgan fingerprint density at radius 2 is 2.58 bits per heavy atom. The molecule has 1 aliphatic rings. The Balaban J connectivity index is 2.34. The van der Waals surface area contributed by atoms with Gasteiger partial charge in [-0.1, -0.05) is 0 Å². The third-order valence-electron chi connectivity index (χ3n) is 1.85. The zero-order valence-electron chi connectivity index (χ0n) is 7.00. The highest BCUT2D eigenvalue weighted by Gasteiger charge is 2.19. The maximum Gasteiger partial charge on any atom is 0.258 e. The maximum absolute atomic E-state index is 5.77. The van der Waals surface area contributed by atoms with E-state index in [0.29, 0.717) is 18.2 Å². The van der Waals surface area contributed by atoms with Crippen LogP contribution < -0.4 is 15.8 Å². The second-order valence-corrected chi connectivity index (χ2v) is 2.65. The molecule has 0 saturated carbocycles. The molecule has 0 spiro atoms. The molecule has 3 N–H and O–H groups in total. The van der Waals surface area contributed by atoms with Crippen molar-refractivity contribution in [3.05, 3.63) is 0 Å². The number of nitrogen functional groups attached to an aromatic ring is 1. The predicted octanol–water partition coefficient (Wildman–Crippen LogP) is 0.289. The van der Waals surface area contributed by atoms with Crippen molar-refractivity contribution in [3.8, 4) is 5.88 Å². The largest absolute Gasteiger partial charge is 0.475 e. The van der Waals surface area contributed by atoms with E-state index in [1.54, 1.807) is 0 Å². The van der Waals surface area contributed by atoms with Crippen molar-refractivity contribution >= 4 is 11.5 Å². The van der Waals surface area contributed by atoms with Crippen molar-refractivity contribution in [3.63, 3.8) is 0 Å². The molecule has 12 heavy (non-hydrogen) atoms. The summed E-state index contributed by atoms with van der Waals surface area (Å²) in [5, 5.41) is 7.33. The van der Waals surface area contributed by atoms with Crippen LogP contribution in [0.25, 0.3) is 0 Å². The van der Waals surface area contributed by atoms with Crippen molar-refractivity contribution in [2.75, 3.05) is 24.2 Å². The summed E-state index contributed by atoms with van der Waals surface area (Å²) in [6.07, 6.45) is 0. The summed E-state index contributed by atoms with van der Waals surface area (Å²) in [6, 6.07) is 0. The lowest BCUT2D eigenvalue weighted by Gasteiger charge is -1.99. The first-order valence-electron chi connectivity index (χ1n) is 4.06. The van der Waals surface area contributed by atoms with E-state index in [-0.39, 0.29) is 0 Å². The molecule has 0 aromatic carbocycles. The van der Waals surface area contributed by atoms with Gasteiger partial charge in [0.2, 0.25) is 0 Å². The van der Waals surface area contributed by atoms with E-state index >= 15 is 0 Å². The van der Waals surface area contributed by atoms with Crippen LogP contribution in [0.3, 0.4) is 0 Å². The van der Waals surface area contributed by atoms with Gasteiger partial charge in [0.25, 0.3) is 5.88 Å². The van der Waals surface area contributed by atoms with Crippen LogP contribution in [0.4, 0.5) is 11.5 Å². The highest BCUT2D eigenvalue weighted by molar-refractivity contribution is 5.69. The molecule has 0 atom stereocenters. The molecule has 0 fully saturated rings. The number of ether oxygens (including phenoxy) is 1. The Hall–Kier alpha value is -1.39. The van der Waals surface area contributed by atoms with Crippen LogP contribution in [0.5, 0.6) is 5.88 Å². The molecule has 1 aliphatic heterocycles. The lowest BCUT2D eigenvalue weighted by atomic mass is 10.5. The van der Waals surface area contributed by atoms with Crippen LogP contribution >= 0.6 is 0 Å². The predicted molar refractivity (Wildman–Crippen MR) is 46.3 cm³/mol. The van der Waals surface area contributed by atoms with E-state index in [2.05, 4.69) is 10.4 Å². The number of hydrogen-bond acceptors (Lipinski definition) is 4. The van der Waals surface area contributed by atoms with Gasteiger partial charge in [-0.3, -0.25) is 0 Å². The van der Waals surface area contributed by atoms with Gasteiger partial charge in [-0.2, -0.15) is 0 Å². The van der Waals surface area contributed by atoms with Gasteiger partial charge >= 0.3 is 0 Å². The number of aromatic nitrogens is 2. The molecule has 1 aromatic rings. The normalized spacial score (nSPS) is 14.1. The van der Waals surface area contributed by atoms with E-state index in [1.165, 1.54) is 0 Å². The number of nitrogens with zero attached hydrogens (tertiary/aromatic N) is 2. The van der Waals surface area contributed by atoms with Crippen LogP contribution in [0.15, 0.2) is 0 Å². The number of rotatable bonds is 2. The zero-order chi connectivity index (χ0) is 8.55. The summed E-state index contributed by atoms with van der Waals surface area (Å²) in [5.41, 5.74) is 6.39. The molecule has 2 rings (SSSR count). The van der Waals surface area contributed by atoms with Crippen molar-refractivity contribution in [2.24, 2.45) is 0 Å². The van der Waals surface area contributed by atoms with Gasteiger partial charge in [0, 0.05) is 6.54 Å². The first-order chi connectivity index (χ1) is 5.83. The van der Waals surface area contributed by atoms with Crippen molar-refractivity contribution < 1.29 is 4.74 Å². The fourth-order valence-corrected chi connectivity index (χ4v) is 1.33. The summed E-state index contributed by atoms with van der Waals surface area (Å²) in [7, 11) is 0. The second-order valence-electron chi connectivity index (χ2n) is 2.65. The average Bonchev–Trinajstić information content (AvgIpc) is 2.58. The molecular weight excluding hydrogens is 156 g/mol. The van der Waals surface area contributed by atoms with E-state index in [0.717, 1.165) is 18.9 Å². The third-order valence-corrected chi connectivity index (χ3v) is 1.85. The van der Waals surface area contributed by atoms with E-state index in [4.69, 9.17) is 10.5 Å². The van der Waals surface area contributed by atoms with Gasteiger partial charge in [0.05, 0.1) is 13.2 Å². The van der Waals surface area contributed by atoms with Crippen LogP contribution in [-0.2, 0) is 6.54 Å². The molecule has 5 nitrogen and oxygen atoms in total. The molecule has 0 amide bonds. The first-order valence-corrected chi connectivity index (χ1v) is 4.06. The average molecular weight is 168 g/mol. The second kappa shape index (κ2) is 2.58. The fourth-order valence-electron chi connectivity index (χ4n) is 1.33. The summed E-state index contributed by atoms with van der Waals surface area (Å²) in [6.45, 7) is 4.28. The number of hydrogen-bond donors (Lipinski definition) is 2. The molecule has 0 unspecified atom stereocenters. The molecule has 0 aliphatic carbocycles. The third kappa shape index (κ3) is 0.895. The fraction of sp³-hybridized carbons (Fsp3) is 0.571. The maximum atomic E-state index is 5.77. The first kappa shape index (κ1) is 7.27. The highest BCUT2D eigenvalue weighted by atomic mass is 16.5. The van der Waals surface area contributed by atoms with E-state index in [1.807, 2.05) is 11.6 Å². The van der Waals surface area contributed by atoms with Crippen molar-refractivity contribution in [1.29, 1.82) is 0 Å². The van der Waals surface area contributed by atoms with Gasteiger partial charge < -0.3 is 15.8 Å². The summed E-state index contributed by atoms with van der Waals surface area (Å²) in [5.74, 6) is 1.43. The molecule has 0 saturated heterocycles. The minimum atomic E-state index is 0.541. The topological polar surface area (TPSA) is 65.1 Å². The number of anilines is 2. The summed E-state index contributed by atoms with van der Waals surface area (Å²) in [4.78, 5) is 0. The van der Waals surface area contributed by atoms with Crippen LogP contribution in [-0.4, -0.2) is 22.9 Å². The van der Waals surface area contributed by atoms with Gasteiger partial charge in [0.15, 0.2) is 5.82 Å². The monoisotopic (exact) mass is 168 g/mol. The molecular formula is C7H12N4O. The lowest BCUT2D eigenvalue weighted by Crippen LogP contribution is -2.01. The Labute approximate surface area is 70.5 Å². The molecule has 0 bridgehead atoms. The summed E-state index contributed by atoms with van der Waals surface area (Å²) < 4.78 is 7.07. The zero-order valence-corrected chi connectivity index (χ0v) is 7.00. The van der Waals surface area contributed by atoms with Gasteiger partial charge in [-0.15, -0.1) is 5.10 Å². The Bertz CT molecular complexity index is 294. The SMILES string of the molecule is CCOc1nn2c(c1N)NCC2. The quantitative estimate of drug-likeness (QED) is 0.666. The van der Waals surface area contributed by atoms with Crippen LogP contribution in [0.1, 0.15) is 6.92 Å². The Morgan fingerprint density at radius 3 is 3.25 bits per heavy atom. The van der Waals surface area contributed by atoms with Crippen LogP contribution in [0.2, 0.25) is 0 Å². The van der Waals surface area contributed by atoms with E-state index < -0.39 is 0 Å². The number of fused-ring (bicyclic) bond motifs is 1. The van der Waals surface area contributed by atoms with Crippen LogP contribution in [0, 0.1) is 0 Å². The Morgan fingerprint density at radius 1 is 1.75 bits per heavy atom. The van der Waals surface area contributed by atoms with Gasteiger partial charge in [-0.25, -0.2) is 4.68 Å². The molecule has 2 heterocycles.